The predicted molar refractivity (Wildman–Crippen MR) is 80.6 cm³/mol. The van der Waals surface area contributed by atoms with Crippen molar-refractivity contribution in [3.8, 4) is 0 Å². The van der Waals surface area contributed by atoms with Gasteiger partial charge in [0.05, 0.1) is 17.2 Å². The van der Waals surface area contributed by atoms with Crippen LogP contribution in [0.5, 0.6) is 0 Å². The molecule has 1 unspecified atom stereocenters. The quantitative estimate of drug-likeness (QED) is 0.812. The Balaban J connectivity index is 2.04. The van der Waals surface area contributed by atoms with Gasteiger partial charge in [-0.2, -0.15) is 0 Å². The van der Waals surface area contributed by atoms with Crippen LogP contribution in [-0.4, -0.2) is 32.6 Å². The van der Waals surface area contributed by atoms with Crippen LogP contribution in [0.15, 0.2) is 12.3 Å². The topological polar surface area (TPSA) is 39.9 Å². The van der Waals surface area contributed by atoms with E-state index in [0.717, 1.165) is 43.0 Å². The smallest absolute Gasteiger partial charge is 0.160 e. The Morgan fingerprint density at radius 1 is 1.50 bits per heavy atom. The van der Waals surface area contributed by atoms with Crippen molar-refractivity contribution in [2.24, 2.45) is 0 Å². The second-order valence-electron chi connectivity index (χ2n) is 5.45. The monoisotopic (exact) mass is 313 g/mol. The molecule has 3 rings (SSSR count). The number of imidazole rings is 1. The molecule has 1 aliphatic heterocycles. The van der Waals surface area contributed by atoms with E-state index >= 15 is 0 Å². The fourth-order valence-corrected chi connectivity index (χ4v) is 3.09. The van der Waals surface area contributed by atoms with Crippen molar-refractivity contribution in [1.82, 2.24) is 14.5 Å². The van der Waals surface area contributed by atoms with Crippen LogP contribution < -0.4 is 0 Å². The van der Waals surface area contributed by atoms with Gasteiger partial charge in [0.1, 0.15) is 11.3 Å². The van der Waals surface area contributed by atoms with Crippen LogP contribution in [0.3, 0.4) is 0 Å². The summed E-state index contributed by atoms with van der Waals surface area (Å²) in [7, 11) is 0. The minimum atomic E-state index is -0.143. The highest BCUT2D eigenvalue weighted by Gasteiger charge is 2.31. The molecule has 1 saturated heterocycles. The van der Waals surface area contributed by atoms with E-state index in [0.29, 0.717) is 17.3 Å². The maximum Gasteiger partial charge on any atom is 0.160 e. The molecule has 0 aliphatic carbocycles. The molecule has 0 bridgehead atoms. The van der Waals surface area contributed by atoms with Crippen molar-refractivity contribution < 1.29 is 4.74 Å². The van der Waals surface area contributed by atoms with E-state index in [1.807, 2.05) is 6.07 Å². The zero-order valence-electron chi connectivity index (χ0n) is 11.4. The van der Waals surface area contributed by atoms with Gasteiger partial charge in [-0.15, -0.1) is 11.6 Å². The number of ether oxygens (including phenoxy) is 1. The molecule has 108 valence electrons. The molecule has 3 heterocycles. The third-order valence-corrected chi connectivity index (χ3v) is 4.14. The summed E-state index contributed by atoms with van der Waals surface area (Å²) >= 11 is 11.9. The zero-order chi connectivity index (χ0) is 14.2. The van der Waals surface area contributed by atoms with Gasteiger partial charge in [-0.25, -0.2) is 9.97 Å². The highest BCUT2D eigenvalue weighted by Crippen LogP contribution is 2.29. The van der Waals surface area contributed by atoms with Crippen LogP contribution in [0.25, 0.3) is 11.2 Å². The maximum atomic E-state index is 5.99. The summed E-state index contributed by atoms with van der Waals surface area (Å²) in [5.74, 6) is 1.48. The van der Waals surface area contributed by atoms with E-state index in [1.54, 1.807) is 6.20 Å². The molecule has 1 aliphatic rings. The summed E-state index contributed by atoms with van der Waals surface area (Å²) in [6, 6.07) is 1.84. The van der Waals surface area contributed by atoms with Gasteiger partial charge in [0, 0.05) is 25.1 Å². The Morgan fingerprint density at radius 2 is 2.35 bits per heavy atom. The summed E-state index contributed by atoms with van der Waals surface area (Å²) in [4.78, 5) is 9.04. The van der Waals surface area contributed by atoms with Gasteiger partial charge in [0.25, 0.3) is 0 Å². The van der Waals surface area contributed by atoms with Gasteiger partial charge >= 0.3 is 0 Å². The molecule has 0 radical (unpaired) electrons. The van der Waals surface area contributed by atoms with Gasteiger partial charge in [-0.05, 0) is 25.8 Å². The third kappa shape index (κ3) is 2.65. The van der Waals surface area contributed by atoms with Crippen molar-refractivity contribution in [3.63, 3.8) is 0 Å². The van der Waals surface area contributed by atoms with Crippen LogP contribution in [0.4, 0.5) is 0 Å². The fraction of sp³-hybridized carbons (Fsp3) is 0.571. The number of alkyl halides is 1. The lowest BCUT2D eigenvalue weighted by molar-refractivity contribution is 0.00642. The fourth-order valence-electron chi connectivity index (χ4n) is 2.77. The SMILES string of the molecule is CC1(Cn2c(CCCl)nc3cc(Cl)cnc32)CCCO1. The molecule has 0 amide bonds. The number of pyridine rings is 1. The number of hydrogen-bond donors (Lipinski definition) is 0. The van der Waals surface area contributed by atoms with Crippen molar-refractivity contribution >= 4 is 34.4 Å². The number of fused-ring (bicyclic) bond motifs is 1. The van der Waals surface area contributed by atoms with Gasteiger partial charge in [0.2, 0.25) is 0 Å². The number of hydrogen-bond acceptors (Lipinski definition) is 3. The average Bonchev–Trinajstić information content (AvgIpc) is 2.96. The predicted octanol–water partition coefficient (Wildman–Crippen LogP) is 3.44. The minimum absolute atomic E-state index is 0.143. The second-order valence-corrected chi connectivity index (χ2v) is 6.27. The molecule has 2 aromatic heterocycles. The first-order valence-electron chi connectivity index (χ1n) is 6.82. The Kier molecular flexibility index (Phi) is 3.89. The molecule has 0 aromatic carbocycles. The van der Waals surface area contributed by atoms with Crippen LogP contribution in [0.1, 0.15) is 25.6 Å². The van der Waals surface area contributed by atoms with E-state index in [9.17, 15) is 0 Å². The Morgan fingerprint density at radius 3 is 3.05 bits per heavy atom. The van der Waals surface area contributed by atoms with Crippen molar-refractivity contribution in [2.45, 2.75) is 38.3 Å². The summed E-state index contributed by atoms with van der Waals surface area (Å²) in [6.07, 6.45) is 4.53. The number of aromatic nitrogens is 3. The first kappa shape index (κ1) is 14.1. The summed E-state index contributed by atoms with van der Waals surface area (Å²) in [5, 5.41) is 0.600. The van der Waals surface area contributed by atoms with E-state index in [4.69, 9.17) is 27.9 Å². The highest BCUT2D eigenvalue weighted by atomic mass is 35.5. The number of aryl methyl sites for hydroxylation is 1. The van der Waals surface area contributed by atoms with Gasteiger partial charge < -0.3 is 9.30 Å². The molecule has 20 heavy (non-hydrogen) atoms. The largest absolute Gasteiger partial charge is 0.373 e. The van der Waals surface area contributed by atoms with Gasteiger partial charge in [-0.3, -0.25) is 0 Å². The van der Waals surface area contributed by atoms with E-state index in [-0.39, 0.29) is 5.60 Å². The molecular weight excluding hydrogens is 297 g/mol. The molecular formula is C14H17Cl2N3O. The highest BCUT2D eigenvalue weighted by molar-refractivity contribution is 6.31. The van der Waals surface area contributed by atoms with Gasteiger partial charge in [0.15, 0.2) is 5.65 Å². The lowest BCUT2D eigenvalue weighted by Gasteiger charge is -2.24. The van der Waals surface area contributed by atoms with E-state index < -0.39 is 0 Å². The molecule has 0 spiro atoms. The third-order valence-electron chi connectivity index (χ3n) is 3.74. The molecule has 2 aromatic rings. The van der Waals surface area contributed by atoms with E-state index in [2.05, 4.69) is 21.5 Å². The minimum Gasteiger partial charge on any atom is -0.373 e. The van der Waals surface area contributed by atoms with Crippen LogP contribution >= 0.6 is 23.2 Å². The first-order valence-corrected chi connectivity index (χ1v) is 7.73. The van der Waals surface area contributed by atoms with Crippen molar-refractivity contribution in [1.29, 1.82) is 0 Å². The summed E-state index contributed by atoms with van der Waals surface area (Å²) < 4.78 is 8.01. The van der Waals surface area contributed by atoms with Crippen LogP contribution in [0, 0.1) is 0 Å². The van der Waals surface area contributed by atoms with E-state index in [1.165, 1.54) is 0 Å². The van der Waals surface area contributed by atoms with Gasteiger partial charge in [-0.1, -0.05) is 11.6 Å². The molecule has 0 N–H and O–H groups in total. The van der Waals surface area contributed by atoms with Crippen LogP contribution in [0.2, 0.25) is 5.02 Å². The first-order chi connectivity index (χ1) is 9.61. The second kappa shape index (κ2) is 5.51. The summed E-state index contributed by atoms with van der Waals surface area (Å²) in [5.41, 5.74) is 1.53. The number of halogens is 2. The molecule has 6 heteroatoms. The Bertz CT molecular complexity index is 620. The number of nitrogens with zero attached hydrogens (tertiary/aromatic N) is 3. The maximum absolute atomic E-state index is 5.99. The van der Waals surface area contributed by atoms with Crippen molar-refractivity contribution in [2.75, 3.05) is 12.5 Å². The molecule has 1 atom stereocenters. The normalized spacial score (nSPS) is 22.8. The van der Waals surface area contributed by atoms with Crippen LogP contribution in [-0.2, 0) is 17.7 Å². The molecule has 4 nitrogen and oxygen atoms in total. The Labute approximate surface area is 128 Å². The summed E-state index contributed by atoms with van der Waals surface area (Å²) in [6.45, 7) is 3.73. The lowest BCUT2D eigenvalue weighted by atomic mass is 10.0. The lowest BCUT2D eigenvalue weighted by Crippen LogP contribution is -2.30. The average molecular weight is 314 g/mol. The van der Waals surface area contributed by atoms with Crippen molar-refractivity contribution in [3.05, 3.63) is 23.1 Å². The standard InChI is InChI=1S/C14H17Cl2N3O/c1-14(4-2-6-20-14)9-19-12(3-5-15)18-11-7-10(16)8-17-13(11)19/h7-8H,2-6,9H2,1H3. The Hall–Kier alpha value is -0.840. The molecule has 0 saturated carbocycles. The molecule has 1 fully saturated rings. The number of rotatable bonds is 4. The zero-order valence-corrected chi connectivity index (χ0v) is 12.9.